The lowest BCUT2D eigenvalue weighted by molar-refractivity contribution is 0.895. The molecule has 0 unspecified atom stereocenters. The molecule has 0 amide bonds. The number of aromatic nitrogens is 2. The van der Waals surface area contributed by atoms with Crippen molar-refractivity contribution in [1.82, 2.24) is 14.9 Å². The second kappa shape index (κ2) is 4.45. The third-order valence-corrected chi connectivity index (χ3v) is 1.90. The number of aliphatic imine (C=N–C) groups is 1. The first kappa shape index (κ1) is 10.3. The maximum Gasteiger partial charge on any atom is 0.122 e. The molecule has 14 heavy (non-hydrogen) atoms. The number of hydrogen-bond donors (Lipinski definition) is 2. The molecule has 0 spiro atoms. The summed E-state index contributed by atoms with van der Waals surface area (Å²) in [6.45, 7) is 0. The number of nitrogens with zero attached hydrogens (tertiary/aromatic N) is 3. The van der Waals surface area contributed by atoms with Crippen molar-refractivity contribution in [3.8, 4) is 0 Å². The minimum absolute atomic E-state index is 0.639. The van der Waals surface area contributed by atoms with Gasteiger partial charge in [-0.1, -0.05) is 0 Å². The second-order valence-corrected chi connectivity index (χ2v) is 2.85. The van der Waals surface area contributed by atoms with E-state index in [1.807, 2.05) is 11.6 Å². The number of nitrogens with one attached hydrogen (secondary N) is 1. The van der Waals surface area contributed by atoms with Gasteiger partial charge >= 0.3 is 0 Å². The lowest BCUT2D eigenvalue weighted by Crippen LogP contribution is -2.17. The fourth-order valence-corrected chi connectivity index (χ4v) is 1.11. The van der Waals surface area contributed by atoms with Gasteiger partial charge in [0, 0.05) is 27.2 Å². The van der Waals surface area contributed by atoms with Crippen molar-refractivity contribution in [3.05, 3.63) is 24.3 Å². The number of likely N-dealkylation sites (N-methyl/N-ethyl adjacent to an activating group) is 1. The normalized spacial score (nSPS) is 13.1. The molecule has 5 nitrogen and oxygen atoms in total. The summed E-state index contributed by atoms with van der Waals surface area (Å²) in [5.74, 6) is 0.740. The summed E-state index contributed by atoms with van der Waals surface area (Å²) in [4.78, 5) is 7.99. The van der Waals surface area contributed by atoms with E-state index in [0.717, 1.165) is 11.5 Å². The van der Waals surface area contributed by atoms with E-state index >= 15 is 0 Å². The van der Waals surface area contributed by atoms with Crippen molar-refractivity contribution in [1.29, 1.82) is 0 Å². The molecule has 76 valence electrons. The van der Waals surface area contributed by atoms with Crippen LogP contribution in [-0.2, 0) is 7.05 Å². The SMILES string of the molecule is CN=C(/C=C(\N)c1cncn1C)NC. The van der Waals surface area contributed by atoms with Crippen LogP contribution in [-0.4, -0.2) is 29.5 Å². The van der Waals surface area contributed by atoms with Crippen LogP contribution in [0.4, 0.5) is 0 Å². The van der Waals surface area contributed by atoms with E-state index in [0.29, 0.717) is 5.70 Å². The molecule has 5 heteroatoms. The van der Waals surface area contributed by atoms with Crippen LogP contribution >= 0.6 is 0 Å². The summed E-state index contributed by atoms with van der Waals surface area (Å²) >= 11 is 0. The van der Waals surface area contributed by atoms with E-state index in [-0.39, 0.29) is 0 Å². The Balaban J connectivity index is 2.95. The fraction of sp³-hybridized carbons (Fsp3) is 0.333. The molecule has 0 bridgehead atoms. The van der Waals surface area contributed by atoms with Gasteiger partial charge in [-0.05, 0) is 0 Å². The molecule has 0 saturated heterocycles. The molecular formula is C9H15N5. The lowest BCUT2D eigenvalue weighted by atomic mass is 10.3. The van der Waals surface area contributed by atoms with Crippen molar-refractivity contribution >= 4 is 11.5 Å². The number of aryl methyl sites for hydroxylation is 1. The van der Waals surface area contributed by atoms with Crippen LogP contribution in [0.3, 0.4) is 0 Å². The minimum Gasteiger partial charge on any atom is -0.397 e. The number of imidazole rings is 1. The van der Waals surface area contributed by atoms with Gasteiger partial charge < -0.3 is 15.6 Å². The number of amidine groups is 1. The van der Waals surface area contributed by atoms with Gasteiger partial charge in [0.1, 0.15) is 5.84 Å². The van der Waals surface area contributed by atoms with Crippen LogP contribution in [0.1, 0.15) is 5.69 Å². The van der Waals surface area contributed by atoms with Gasteiger partial charge in [0.05, 0.1) is 23.9 Å². The minimum atomic E-state index is 0.639. The van der Waals surface area contributed by atoms with Crippen LogP contribution in [0.15, 0.2) is 23.6 Å². The van der Waals surface area contributed by atoms with Crippen LogP contribution in [0.25, 0.3) is 5.70 Å². The Hall–Kier alpha value is -1.78. The van der Waals surface area contributed by atoms with Gasteiger partial charge in [0.2, 0.25) is 0 Å². The van der Waals surface area contributed by atoms with E-state index in [9.17, 15) is 0 Å². The molecule has 1 aromatic rings. The largest absolute Gasteiger partial charge is 0.397 e. The molecule has 1 heterocycles. The Labute approximate surface area is 83.4 Å². The Kier molecular flexibility index (Phi) is 3.28. The van der Waals surface area contributed by atoms with E-state index in [2.05, 4.69) is 15.3 Å². The topological polar surface area (TPSA) is 68.2 Å². The van der Waals surface area contributed by atoms with E-state index in [1.54, 1.807) is 32.7 Å². The Morgan fingerprint density at radius 2 is 2.43 bits per heavy atom. The summed E-state index contributed by atoms with van der Waals surface area (Å²) in [5.41, 5.74) is 7.39. The standard InChI is InChI=1S/C9H15N5/c1-11-9(12-2)4-7(10)8-5-13-6-14(8)3/h4-6H,10H2,1-3H3,(H,11,12)/b7-4-. The molecule has 1 rings (SSSR count). The predicted molar refractivity (Wildman–Crippen MR) is 57.8 cm³/mol. The monoisotopic (exact) mass is 193 g/mol. The summed E-state index contributed by atoms with van der Waals surface area (Å²) in [6, 6.07) is 0. The summed E-state index contributed by atoms with van der Waals surface area (Å²) in [6.07, 6.45) is 5.20. The molecule has 0 aliphatic rings. The molecule has 0 fully saturated rings. The number of nitrogens with two attached hydrogens (primary N) is 1. The van der Waals surface area contributed by atoms with Crippen molar-refractivity contribution in [2.75, 3.05) is 14.1 Å². The van der Waals surface area contributed by atoms with Gasteiger partial charge in [-0.3, -0.25) is 4.99 Å². The van der Waals surface area contributed by atoms with E-state index in [1.165, 1.54) is 0 Å². The fourth-order valence-electron chi connectivity index (χ4n) is 1.11. The number of rotatable bonds is 2. The van der Waals surface area contributed by atoms with Crippen LogP contribution in [0.2, 0.25) is 0 Å². The molecule has 0 aliphatic heterocycles. The lowest BCUT2D eigenvalue weighted by Gasteiger charge is -2.03. The molecule has 0 atom stereocenters. The van der Waals surface area contributed by atoms with Crippen LogP contribution in [0, 0.1) is 0 Å². The van der Waals surface area contributed by atoms with Gasteiger partial charge in [0.25, 0.3) is 0 Å². The first-order chi connectivity index (χ1) is 6.69. The second-order valence-electron chi connectivity index (χ2n) is 2.85. The first-order valence-corrected chi connectivity index (χ1v) is 4.27. The highest BCUT2D eigenvalue weighted by Crippen LogP contribution is 2.05. The third kappa shape index (κ3) is 2.12. The van der Waals surface area contributed by atoms with E-state index < -0.39 is 0 Å². The molecule has 1 aromatic heterocycles. The number of hydrogen-bond acceptors (Lipinski definition) is 3. The molecule has 0 aromatic carbocycles. The highest BCUT2D eigenvalue weighted by molar-refractivity contribution is 5.98. The molecular weight excluding hydrogens is 178 g/mol. The highest BCUT2D eigenvalue weighted by Gasteiger charge is 2.01. The Bertz CT molecular complexity index is 361. The van der Waals surface area contributed by atoms with Crippen LogP contribution in [0.5, 0.6) is 0 Å². The summed E-state index contributed by atoms with van der Waals surface area (Å²) < 4.78 is 1.86. The van der Waals surface area contributed by atoms with Crippen LogP contribution < -0.4 is 11.1 Å². The van der Waals surface area contributed by atoms with Crippen molar-refractivity contribution in [2.45, 2.75) is 0 Å². The first-order valence-electron chi connectivity index (χ1n) is 4.27. The molecule has 0 saturated carbocycles. The predicted octanol–water partition coefficient (Wildman–Crippen LogP) is -0.0326. The smallest absolute Gasteiger partial charge is 0.122 e. The zero-order valence-corrected chi connectivity index (χ0v) is 8.65. The Morgan fingerprint density at radius 3 is 2.86 bits per heavy atom. The van der Waals surface area contributed by atoms with Crippen molar-refractivity contribution < 1.29 is 0 Å². The average molecular weight is 193 g/mol. The quantitative estimate of drug-likeness (QED) is 0.512. The molecule has 3 N–H and O–H groups in total. The third-order valence-electron chi connectivity index (χ3n) is 1.90. The van der Waals surface area contributed by atoms with Gasteiger partial charge in [-0.15, -0.1) is 0 Å². The summed E-state index contributed by atoms with van der Waals surface area (Å²) in [5, 5.41) is 2.93. The maximum atomic E-state index is 5.87. The zero-order valence-electron chi connectivity index (χ0n) is 8.65. The molecule has 0 radical (unpaired) electrons. The van der Waals surface area contributed by atoms with Gasteiger partial charge in [-0.25, -0.2) is 4.98 Å². The zero-order chi connectivity index (χ0) is 10.6. The van der Waals surface area contributed by atoms with Gasteiger partial charge in [0.15, 0.2) is 0 Å². The van der Waals surface area contributed by atoms with Crippen molar-refractivity contribution in [3.63, 3.8) is 0 Å². The summed E-state index contributed by atoms with van der Waals surface area (Å²) in [7, 11) is 5.40. The Morgan fingerprint density at radius 1 is 1.71 bits per heavy atom. The highest BCUT2D eigenvalue weighted by atomic mass is 15.0. The van der Waals surface area contributed by atoms with Gasteiger partial charge in [-0.2, -0.15) is 0 Å². The molecule has 0 aliphatic carbocycles. The van der Waals surface area contributed by atoms with E-state index in [4.69, 9.17) is 5.73 Å². The average Bonchev–Trinajstić information content (AvgIpc) is 2.60. The van der Waals surface area contributed by atoms with Crippen molar-refractivity contribution in [2.24, 2.45) is 17.8 Å². The maximum absolute atomic E-state index is 5.87.